The van der Waals surface area contributed by atoms with E-state index in [0.717, 1.165) is 17.4 Å². The highest BCUT2D eigenvalue weighted by molar-refractivity contribution is 9.10. The first-order valence-corrected chi connectivity index (χ1v) is 6.19. The predicted octanol–water partition coefficient (Wildman–Crippen LogP) is 2.36. The maximum absolute atomic E-state index is 4.21. The Balaban J connectivity index is 2.47. The topological polar surface area (TPSA) is 29.9 Å². The second-order valence-corrected chi connectivity index (χ2v) is 5.29. The number of rotatable bonds is 5. The molecular formula is C11H20BrN3. The van der Waals surface area contributed by atoms with E-state index in [1.165, 1.54) is 5.69 Å². The molecule has 86 valence electrons. The summed E-state index contributed by atoms with van der Waals surface area (Å²) in [7, 11) is 1.99. The van der Waals surface area contributed by atoms with Crippen LogP contribution in [0.4, 0.5) is 0 Å². The maximum Gasteiger partial charge on any atom is 0.0635 e. The van der Waals surface area contributed by atoms with Crippen LogP contribution in [-0.4, -0.2) is 22.4 Å². The van der Waals surface area contributed by atoms with Crippen LogP contribution in [0, 0.1) is 5.92 Å². The number of hydrogen-bond donors (Lipinski definition) is 1. The molecule has 3 nitrogen and oxygen atoms in total. The smallest absolute Gasteiger partial charge is 0.0635 e. The van der Waals surface area contributed by atoms with Gasteiger partial charge in [0.05, 0.1) is 16.4 Å². The van der Waals surface area contributed by atoms with Crippen molar-refractivity contribution in [3.63, 3.8) is 0 Å². The highest BCUT2D eigenvalue weighted by atomic mass is 79.9. The number of aromatic nitrogens is 2. The first kappa shape index (κ1) is 12.7. The lowest BCUT2D eigenvalue weighted by molar-refractivity contribution is 0.465. The lowest BCUT2D eigenvalue weighted by atomic mass is 10.1. The lowest BCUT2D eigenvalue weighted by Crippen LogP contribution is -2.29. The summed E-state index contributed by atoms with van der Waals surface area (Å²) in [5.41, 5.74) is 1.27. The van der Waals surface area contributed by atoms with Crippen molar-refractivity contribution in [2.75, 3.05) is 6.54 Å². The zero-order valence-electron chi connectivity index (χ0n) is 9.92. The molecule has 0 radical (unpaired) electrons. The van der Waals surface area contributed by atoms with Crippen LogP contribution in [-0.2, 0) is 13.5 Å². The Morgan fingerprint density at radius 3 is 2.60 bits per heavy atom. The summed E-state index contributed by atoms with van der Waals surface area (Å²) < 4.78 is 3.05. The quantitative estimate of drug-likeness (QED) is 0.893. The third-order valence-corrected chi connectivity index (χ3v) is 3.09. The van der Waals surface area contributed by atoms with E-state index in [-0.39, 0.29) is 0 Å². The summed E-state index contributed by atoms with van der Waals surface area (Å²) in [5, 5.41) is 7.67. The van der Waals surface area contributed by atoms with E-state index in [0.29, 0.717) is 12.0 Å². The molecule has 0 aliphatic heterocycles. The van der Waals surface area contributed by atoms with Crippen molar-refractivity contribution in [3.05, 3.63) is 16.4 Å². The Kier molecular flexibility index (Phi) is 4.80. The van der Waals surface area contributed by atoms with E-state index in [2.05, 4.69) is 47.1 Å². The van der Waals surface area contributed by atoms with E-state index in [4.69, 9.17) is 0 Å². The molecule has 1 heterocycles. The molecule has 0 fully saturated rings. The van der Waals surface area contributed by atoms with Gasteiger partial charge in [-0.1, -0.05) is 20.8 Å². The molecule has 1 aromatic heterocycles. The molecule has 15 heavy (non-hydrogen) atoms. The Morgan fingerprint density at radius 2 is 2.13 bits per heavy atom. The number of halogens is 1. The molecule has 0 saturated heterocycles. The van der Waals surface area contributed by atoms with E-state index >= 15 is 0 Å². The molecule has 0 amide bonds. The van der Waals surface area contributed by atoms with Gasteiger partial charge < -0.3 is 5.32 Å². The molecule has 4 heteroatoms. The second-order valence-electron chi connectivity index (χ2n) is 4.44. The molecular weight excluding hydrogens is 254 g/mol. The molecule has 0 spiro atoms. The summed E-state index contributed by atoms with van der Waals surface area (Å²) in [4.78, 5) is 0. The van der Waals surface area contributed by atoms with Gasteiger partial charge in [-0.25, -0.2) is 0 Å². The molecule has 0 aliphatic carbocycles. The fourth-order valence-corrected chi connectivity index (χ4v) is 2.01. The molecule has 0 bridgehead atoms. The molecule has 0 saturated carbocycles. The van der Waals surface area contributed by atoms with Gasteiger partial charge in [-0.05, 0) is 34.8 Å². The summed E-state index contributed by atoms with van der Waals surface area (Å²) in [6.45, 7) is 7.66. The highest BCUT2D eigenvalue weighted by Crippen LogP contribution is 2.18. The van der Waals surface area contributed by atoms with Gasteiger partial charge in [0.15, 0.2) is 0 Å². The SMILES string of the molecule is CC(CNC(C)C)Cc1c(Br)cnn1C. The average Bonchev–Trinajstić information content (AvgIpc) is 2.46. The van der Waals surface area contributed by atoms with Gasteiger partial charge in [-0.15, -0.1) is 0 Å². The normalized spacial score (nSPS) is 13.5. The molecule has 0 aliphatic rings. The van der Waals surface area contributed by atoms with Gasteiger partial charge in [-0.2, -0.15) is 5.10 Å². The third kappa shape index (κ3) is 3.95. The summed E-state index contributed by atoms with van der Waals surface area (Å²) in [6, 6.07) is 0.558. The Labute approximate surface area is 100 Å². The van der Waals surface area contributed by atoms with E-state index in [1.807, 2.05) is 17.9 Å². The van der Waals surface area contributed by atoms with Crippen LogP contribution in [0.5, 0.6) is 0 Å². The summed E-state index contributed by atoms with van der Waals surface area (Å²) in [5.74, 6) is 0.624. The first-order valence-electron chi connectivity index (χ1n) is 5.40. The van der Waals surface area contributed by atoms with Crippen molar-refractivity contribution in [2.24, 2.45) is 13.0 Å². The lowest BCUT2D eigenvalue weighted by Gasteiger charge is -2.15. The van der Waals surface area contributed by atoms with E-state index in [1.54, 1.807) is 0 Å². The number of nitrogens with one attached hydrogen (secondary N) is 1. The summed E-state index contributed by atoms with van der Waals surface area (Å²) >= 11 is 3.52. The van der Waals surface area contributed by atoms with Crippen molar-refractivity contribution < 1.29 is 0 Å². The van der Waals surface area contributed by atoms with Gasteiger partial charge in [0, 0.05) is 13.1 Å². The fourth-order valence-electron chi connectivity index (χ4n) is 1.50. The van der Waals surface area contributed by atoms with Crippen LogP contribution >= 0.6 is 15.9 Å². The van der Waals surface area contributed by atoms with Crippen LogP contribution < -0.4 is 5.32 Å². The zero-order chi connectivity index (χ0) is 11.4. The van der Waals surface area contributed by atoms with Crippen molar-refractivity contribution in [3.8, 4) is 0 Å². The molecule has 1 atom stereocenters. The first-order chi connectivity index (χ1) is 7.00. The Bertz CT molecular complexity index is 287. The van der Waals surface area contributed by atoms with E-state index < -0.39 is 0 Å². The summed E-state index contributed by atoms with van der Waals surface area (Å²) in [6.07, 6.45) is 2.91. The average molecular weight is 274 g/mol. The Morgan fingerprint density at radius 1 is 1.47 bits per heavy atom. The van der Waals surface area contributed by atoms with Crippen molar-refractivity contribution >= 4 is 15.9 Å². The number of aryl methyl sites for hydroxylation is 1. The minimum absolute atomic E-state index is 0.558. The molecule has 0 aromatic carbocycles. The van der Waals surface area contributed by atoms with Gasteiger partial charge >= 0.3 is 0 Å². The van der Waals surface area contributed by atoms with Crippen LogP contribution in [0.1, 0.15) is 26.5 Å². The van der Waals surface area contributed by atoms with Gasteiger partial charge in [0.1, 0.15) is 0 Å². The minimum Gasteiger partial charge on any atom is -0.314 e. The Hall–Kier alpha value is -0.350. The number of hydrogen-bond acceptors (Lipinski definition) is 2. The fraction of sp³-hybridized carbons (Fsp3) is 0.727. The van der Waals surface area contributed by atoms with Crippen molar-refractivity contribution in [1.82, 2.24) is 15.1 Å². The largest absolute Gasteiger partial charge is 0.314 e. The second kappa shape index (κ2) is 5.66. The van der Waals surface area contributed by atoms with Gasteiger partial charge in [0.25, 0.3) is 0 Å². The molecule has 1 rings (SSSR count). The van der Waals surface area contributed by atoms with Crippen molar-refractivity contribution in [1.29, 1.82) is 0 Å². The standard InChI is InChI=1S/C11H20BrN3/c1-8(2)13-6-9(3)5-11-10(12)7-14-15(11)4/h7-9,13H,5-6H2,1-4H3. The van der Waals surface area contributed by atoms with Crippen LogP contribution in [0.2, 0.25) is 0 Å². The maximum atomic E-state index is 4.21. The predicted molar refractivity (Wildman–Crippen MR) is 66.9 cm³/mol. The molecule has 1 unspecified atom stereocenters. The van der Waals surface area contributed by atoms with E-state index in [9.17, 15) is 0 Å². The van der Waals surface area contributed by atoms with Gasteiger partial charge in [-0.3, -0.25) is 4.68 Å². The monoisotopic (exact) mass is 273 g/mol. The number of nitrogens with zero attached hydrogens (tertiary/aromatic N) is 2. The van der Waals surface area contributed by atoms with Crippen LogP contribution in [0.25, 0.3) is 0 Å². The van der Waals surface area contributed by atoms with Gasteiger partial charge in [0.2, 0.25) is 0 Å². The zero-order valence-corrected chi connectivity index (χ0v) is 11.5. The molecule has 1 aromatic rings. The third-order valence-electron chi connectivity index (χ3n) is 2.43. The highest BCUT2D eigenvalue weighted by Gasteiger charge is 2.10. The minimum atomic E-state index is 0.558. The molecule has 1 N–H and O–H groups in total. The van der Waals surface area contributed by atoms with Crippen LogP contribution in [0.15, 0.2) is 10.7 Å². The van der Waals surface area contributed by atoms with Crippen LogP contribution in [0.3, 0.4) is 0 Å². The van der Waals surface area contributed by atoms with Crippen molar-refractivity contribution in [2.45, 2.75) is 33.2 Å².